The van der Waals surface area contributed by atoms with Crippen molar-refractivity contribution < 1.29 is 4.74 Å². The van der Waals surface area contributed by atoms with Crippen LogP contribution in [0.25, 0.3) is 0 Å². The molecule has 2 rings (SSSR count). The van der Waals surface area contributed by atoms with Crippen molar-refractivity contribution in [2.45, 2.75) is 25.4 Å². The molecule has 2 unspecified atom stereocenters. The lowest BCUT2D eigenvalue weighted by Crippen LogP contribution is -2.45. The molecule has 0 radical (unpaired) electrons. The molecule has 0 spiro atoms. The molecule has 1 aromatic rings. The molecule has 1 heterocycles. The van der Waals surface area contributed by atoms with Crippen molar-refractivity contribution in [1.82, 2.24) is 4.90 Å². The highest BCUT2D eigenvalue weighted by molar-refractivity contribution is 5.59. The van der Waals surface area contributed by atoms with Gasteiger partial charge in [0.2, 0.25) is 0 Å². The van der Waals surface area contributed by atoms with Crippen LogP contribution < -0.4 is 15.4 Å². The van der Waals surface area contributed by atoms with Crippen LogP contribution in [-0.4, -0.2) is 50.8 Å². The van der Waals surface area contributed by atoms with E-state index in [2.05, 4.69) is 35.9 Å². The summed E-state index contributed by atoms with van der Waals surface area (Å²) < 4.78 is 5.49. The molecule has 0 saturated carbocycles. The minimum atomic E-state index is 0.339. The summed E-state index contributed by atoms with van der Waals surface area (Å²) in [5.74, 6) is 0.929. The lowest BCUT2D eigenvalue weighted by Gasteiger charge is -2.33. The van der Waals surface area contributed by atoms with E-state index < -0.39 is 0 Å². The Morgan fingerprint density at radius 1 is 1.37 bits per heavy atom. The van der Waals surface area contributed by atoms with E-state index in [0.29, 0.717) is 18.6 Å². The predicted octanol–water partition coefficient (Wildman–Crippen LogP) is 1.55. The van der Waals surface area contributed by atoms with Gasteiger partial charge in [0.1, 0.15) is 5.75 Å². The highest BCUT2D eigenvalue weighted by atomic mass is 16.5. The van der Waals surface area contributed by atoms with Gasteiger partial charge < -0.3 is 20.3 Å². The van der Waals surface area contributed by atoms with Gasteiger partial charge in [0.05, 0.1) is 18.8 Å². The third-order valence-electron chi connectivity index (χ3n) is 4.15. The van der Waals surface area contributed by atoms with Crippen molar-refractivity contribution in [3.8, 4) is 5.75 Å². The number of hydrogen-bond donors (Lipinski definition) is 1. The standard InChI is InChI=1S/C15H25N3O/c1-12-8-9-18(13(10-16)11-17(12)2)14-6-4-5-7-15(14)19-3/h4-7,12-13H,8-11,16H2,1-3H3. The fourth-order valence-electron chi connectivity index (χ4n) is 2.73. The van der Waals surface area contributed by atoms with E-state index in [9.17, 15) is 0 Å². The topological polar surface area (TPSA) is 41.7 Å². The second-order valence-corrected chi connectivity index (χ2v) is 5.33. The second kappa shape index (κ2) is 6.26. The van der Waals surface area contributed by atoms with Crippen molar-refractivity contribution in [1.29, 1.82) is 0 Å². The Morgan fingerprint density at radius 3 is 2.79 bits per heavy atom. The van der Waals surface area contributed by atoms with Crippen molar-refractivity contribution in [3.05, 3.63) is 24.3 Å². The minimum Gasteiger partial charge on any atom is -0.495 e. The predicted molar refractivity (Wildman–Crippen MR) is 79.9 cm³/mol. The number of anilines is 1. The molecule has 19 heavy (non-hydrogen) atoms. The number of likely N-dealkylation sites (N-methyl/N-ethyl adjacent to an activating group) is 1. The number of para-hydroxylation sites is 2. The Labute approximate surface area is 116 Å². The molecule has 4 heteroatoms. The highest BCUT2D eigenvalue weighted by Gasteiger charge is 2.27. The van der Waals surface area contributed by atoms with Gasteiger partial charge in [-0.25, -0.2) is 0 Å². The molecule has 1 aromatic carbocycles. The van der Waals surface area contributed by atoms with Gasteiger partial charge in [-0.05, 0) is 32.5 Å². The van der Waals surface area contributed by atoms with Gasteiger partial charge in [0.15, 0.2) is 0 Å². The van der Waals surface area contributed by atoms with Crippen LogP contribution in [0.4, 0.5) is 5.69 Å². The number of hydrogen-bond acceptors (Lipinski definition) is 4. The SMILES string of the molecule is COc1ccccc1N1CCC(C)N(C)CC1CN. The number of ether oxygens (including phenoxy) is 1. The van der Waals surface area contributed by atoms with E-state index >= 15 is 0 Å². The molecular weight excluding hydrogens is 238 g/mol. The summed E-state index contributed by atoms with van der Waals surface area (Å²) in [6.45, 7) is 4.96. The van der Waals surface area contributed by atoms with Crippen LogP contribution in [0.15, 0.2) is 24.3 Å². The first-order chi connectivity index (χ1) is 9.17. The molecule has 0 bridgehead atoms. The zero-order valence-corrected chi connectivity index (χ0v) is 12.2. The number of methoxy groups -OCH3 is 1. The molecule has 2 atom stereocenters. The summed E-state index contributed by atoms with van der Waals surface area (Å²) in [5, 5.41) is 0. The van der Waals surface area contributed by atoms with Crippen molar-refractivity contribution in [2.24, 2.45) is 5.73 Å². The van der Waals surface area contributed by atoms with E-state index in [1.807, 2.05) is 12.1 Å². The quantitative estimate of drug-likeness (QED) is 0.898. The van der Waals surface area contributed by atoms with Gasteiger partial charge in [-0.3, -0.25) is 0 Å². The number of nitrogens with two attached hydrogens (primary N) is 1. The maximum atomic E-state index is 5.99. The van der Waals surface area contributed by atoms with Crippen LogP contribution in [0.1, 0.15) is 13.3 Å². The number of benzene rings is 1. The smallest absolute Gasteiger partial charge is 0.142 e. The second-order valence-electron chi connectivity index (χ2n) is 5.33. The Kier molecular flexibility index (Phi) is 4.66. The zero-order valence-electron chi connectivity index (χ0n) is 12.2. The molecular formula is C15H25N3O. The van der Waals surface area contributed by atoms with Crippen molar-refractivity contribution in [3.63, 3.8) is 0 Å². The number of nitrogens with zero attached hydrogens (tertiary/aromatic N) is 2. The normalized spacial score (nSPS) is 25.2. The molecule has 0 amide bonds. The summed E-state index contributed by atoms with van der Waals surface area (Å²) >= 11 is 0. The summed E-state index contributed by atoms with van der Waals surface area (Å²) in [5.41, 5.74) is 7.15. The Bertz CT molecular complexity index is 410. The molecule has 1 fully saturated rings. The van der Waals surface area contributed by atoms with Gasteiger partial charge in [-0.1, -0.05) is 12.1 Å². The molecule has 0 aromatic heterocycles. The fourth-order valence-corrected chi connectivity index (χ4v) is 2.73. The summed E-state index contributed by atoms with van der Waals surface area (Å²) in [6.07, 6.45) is 1.14. The first kappa shape index (κ1) is 14.2. The van der Waals surface area contributed by atoms with Gasteiger partial charge in [0.25, 0.3) is 0 Å². The van der Waals surface area contributed by atoms with Crippen molar-refractivity contribution in [2.75, 3.05) is 38.7 Å². The zero-order chi connectivity index (χ0) is 13.8. The molecule has 4 nitrogen and oxygen atoms in total. The van der Waals surface area contributed by atoms with Crippen LogP contribution >= 0.6 is 0 Å². The molecule has 0 aliphatic carbocycles. The summed E-state index contributed by atoms with van der Waals surface area (Å²) in [6, 6.07) is 9.13. The van der Waals surface area contributed by atoms with Crippen LogP contribution in [0.2, 0.25) is 0 Å². The van der Waals surface area contributed by atoms with E-state index in [1.165, 1.54) is 0 Å². The van der Waals surface area contributed by atoms with Crippen molar-refractivity contribution >= 4 is 5.69 Å². The molecule has 106 valence electrons. The van der Waals surface area contributed by atoms with Crippen LogP contribution in [0.5, 0.6) is 5.75 Å². The Balaban J connectivity index is 2.30. The minimum absolute atomic E-state index is 0.339. The molecule has 1 saturated heterocycles. The molecule has 2 N–H and O–H groups in total. The third kappa shape index (κ3) is 3.01. The molecule has 1 aliphatic rings. The highest BCUT2D eigenvalue weighted by Crippen LogP contribution is 2.30. The lowest BCUT2D eigenvalue weighted by atomic mass is 10.2. The third-order valence-corrected chi connectivity index (χ3v) is 4.15. The molecule has 1 aliphatic heterocycles. The van der Waals surface area contributed by atoms with E-state index in [-0.39, 0.29) is 0 Å². The van der Waals surface area contributed by atoms with E-state index in [0.717, 1.165) is 30.9 Å². The van der Waals surface area contributed by atoms with Gasteiger partial charge in [-0.2, -0.15) is 0 Å². The number of rotatable bonds is 3. The van der Waals surface area contributed by atoms with Crippen LogP contribution in [0, 0.1) is 0 Å². The monoisotopic (exact) mass is 263 g/mol. The van der Waals surface area contributed by atoms with E-state index in [4.69, 9.17) is 10.5 Å². The largest absolute Gasteiger partial charge is 0.495 e. The van der Waals surface area contributed by atoms with Gasteiger partial charge >= 0.3 is 0 Å². The van der Waals surface area contributed by atoms with Gasteiger partial charge in [0, 0.05) is 25.7 Å². The fraction of sp³-hybridized carbons (Fsp3) is 0.600. The first-order valence-electron chi connectivity index (χ1n) is 6.97. The van der Waals surface area contributed by atoms with Crippen LogP contribution in [0.3, 0.4) is 0 Å². The Hall–Kier alpha value is -1.26. The summed E-state index contributed by atoms with van der Waals surface area (Å²) in [7, 11) is 3.90. The lowest BCUT2D eigenvalue weighted by molar-refractivity contribution is 0.256. The maximum Gasteiger partial charge on any atom is 0.142 e. The average Bonchev–Trinajstić information content (AvgIpc) is 2.59. The van der Waals surface area contributed by atoms with Crippen LogP contribution in [-0.2, 0) is 0 Å². The van der Waals surface area contributed by atoms with Gasteiger partial charge in [-0.15, -0.1) is 0 Å². The maximum absolute atomic E-state index is 5.99. The Morgan fingerprint density at radius 2 is 2.11 bits per heavy atom. The van der Waals surface area contributed by atoms with E-state index in [1.54, 1.807) is 7.11 Å². The first-order valence-corrected chi connectivity index (χ1v) is 6.97. The summed E-state index contributed by atoms with van der Waals surface area (Å²) in [4.78, 5) is 4.80. The average molecular weight is 263 g/mol.